The van der Waals surface area contributed by atoms with Crippen molar-refractivity contribution >= 4 is 17.6 Å². The molecule has 0 radical (unpaired) electrons. The van der Waals surface area contributed by atoms with Gasteiger partial charge in [0, 0.05) is 13.7 Å². The minimum atomic E-state index is -4.81. The standard InChI is InChI=1S/C25H29F3N2O6/c1-34-14-35-24(9-2-3-10-24)21(31)23(33)30-18-5-4-6-19(30)22(32)29-13-15-7-8-17(36-25(26,27)28)11-16(15)12-20(18)29/h7-8,11,18-20H,2-6,9-10,12-14H2,1H3/t18-,19?,20-/m0/s1. The highest BCUT2D eigenvalue weighted by Gasteiger charge is 2.55. The van der Waals surface area contributed by atoms with Gasteiger partial charge in [-0.15, -0.1) is 13.2 Å². The molecule has 3 heterocycles. The number of fused-ring (bicyclic) bond motifs is 5. The van der Waals surface area contributed by atoms with E-state index in [9.17, 15) is 27.6 Å². The van der Waals surface area contributed by atoms with E-state index in [0.717, 1.165) is 24.8 Å². The average molecular weight is 511 g/mol. The molecule has 3 fully saturated rings. The lowest BCUT2D eigenvalue weighted by molar-refractivity contribution is -0.274. The molecule has 2 amide bonds. The van der Waals surface area contributed by atoms with Gasteiger partial charge in [-0.1, -0.05) is 6.07 Å². The third kappa shape index (κ3) is 4.36. The van der Waals surface area contributed by atoms with E-state index in [1.54, 1.807) is 11.0 Å². The number of hydrogen-bond acceptors (Lipinski definition) is 6. The fourth-order valence-corrected chi connectivity index (χ4v) is 6.37. The number of ketones is 1. The van der Waals surface area contributed by atoms with Gasteiger partial charge in [0.05, 0.1) is 12.1 Å². The zero-order chi connectivity index (χ0) is 25.7. The number of piperidine rings is 1. The Labute approximate surface area is 206 Å². The Morgan fingerprint density at radius 2 is 1.83 bits per heavy atom. The lowest BCUT2D eigenvalue weighted by atomic mass is 9.79. The summed E-state index contributed by atoms with van der Waals surface area (Å²) < 4.78 is 53.1. The van der Waals surface area contributed by atoms with Crippen LogP contribution in [-0.4, -0.2) is 71.4 Å². The molecule has 1 unspecified atom stereocenters. The van der Waals surface area contributed by atoms with Gasteiger partial charge in [-0.25, -0.2) is 0 Å². The number of alkyl halides is 3. The lowest BCUT2D eigenvalue weighted by Crippen LogP contribution is -2.72. The van der Waals surface area contributed by atoms with Crippen LogP contribution in [0.25, 0.3) is 0 Å². The number of halogens is 3. The van der Waals surface area contributed by atoms with Gasteiger partial charge in [-0.2, -0.15) is 0 Å². The number of piperazine rings is 1. The van der Waals surface area contributed by atoms with E-state index in [4.69, 9.17) is 9.47 Å². The third-order valence-electron chi connectivity index (χ3n) is 7.97. The molecular formula is C25H29F3N2O6. The summed E-state index contributed by atoms with van der Waals surface area (Å²) in [5.41, 5.74) is 0.148. The molecule has 1 saturated carbocycles. The highest BCUT2D eigenvalue weighted by Crippen LogP contribution is 2.41. The molecule has 0 aromatic heterocycles. The Balaban J connectivity index is 1.43. The van der Waals surface area contributed by atoms with Crippen LogP contribution in [-0.2, 0) is 36.8 Å². The molecule has 2 saturated heterocycles. The Hall–Kier alpha value is -2.66. The minimum absolute atomic E-state index is 0.111. The number of methoxy groups -OCH3 is 1. The first-order valence-electron chi connectivity index (χ1n) is 12.3. The Morgan fingerprint density at radius 1 is 1.08 bits per heavy atom. The molecule has 4 aliphatic rings. The van der Waals surface area contributed by atoms with Crippen LogP contribution in [0.3, 0.4) is 0 Å². The average Bonchev–Trinajstić information content (AvgIpc) is 3.33. The third-order valence-corrected chi connectivity index (χ3v) is 7.97. The van der Waals surface area contributed by atoms with Gasteiger partial charge in [-0.3, -0.25) is 14.4 Å². The molecule has 1 aliphatic carbocycles. The summed E-state index contributed by atoms with van der Waals surface area (Å²) in [7, 11) is 1.45. The molecule has 8 nitrogen and oxygen atoms in total. The first kappa shape index (κ1) is 25.0. The number of Topliss-reactive ketones (excluding diaryl/α,β-unsaturated/α-hetero) is 1. The predicted octanol–water partition coefficient (Wildman–Crippen LogP) is 3.10. The summed E-state index contributed by atoms with van der Waals surface area (Å²) >= 11 is 0. The highest BCUT2D eigenvalue weighted by molar-refractivity contribution is 6.39. The van der Waals surface area contributed by atoms with Crippen LogP contribution in [0.4, 0.5) is 13.2 Å². The molecule has 36 heavy (non-hydrogen) atoms. The fraction of sp³-hybridized carbons (Fsp3) is 0.640. The number of amides is 2. The van der Waals surface area contributed by atoms with Crippen molar-refractivity contribution in [2.75, 3.05) is 13.9 Å². The van der Waals surface area contributed by atoms with Crippen LogP contribution in [0.15, 0.2) is 18.2 Å². The van der Waals surface area contributed by atoms with Gasteiger partial charge < -0.3 is 24.0 Å². The number of nitrogens with zero attached hydrogens (tertiary/aromatic N) is 2. The van der Waals surface area contributed by atoms with E-state index in [1.165, 1.54) is 24.1 Å². The van der Waals surface area contributed by atoms with Crippen molar-refractivity contribution in [3.8, 4) is 5.75 Å². The zero-order valence-electron chi connectivity index (χ0n) is 20.0. The van der Waals surface area contributed by atoms with E-state index in [1.807, 2.05) is 0 Å². The zero-order valence-corrected chi connectivity index (χ0v) is 20.0. The Bertz CT molecular complexity index is 1050. The SMILES string of the molecule is COCOC1(C(=O)C(=O)N2C3CCC[C@H]2[C@@H]2Cc4cc(OC(F)(F)F)ccc4CN2C3=O)CCCC1. The summed E-state index contributed by atoms with van der Waals surface area (Å²) in [5, 5.41) is 0. The highest BCUT2D eigenvalue weighted by atomic mass is 19.4. The smallest absolute Gasteiger partial charge is 0.406 e. The number of rotatable bonds is 6. The molecule has 1 aromatic carbocycles. The van der Waals surface area contributed by atoms with Gasteiger partial charge >= 0.3 is 6.36 Å². The summed E-state index contributed by atoms with van der Waals surface area (Å²) in [6.07, 6.45) is -0.398. The van der Waals surface area contributed by atoms with E-state index in [2.05, 4.69) is 4.74 Å². The molecule has 3 atom stereocenters. The first-order chi connectivity index (χ1) is 17.1. The second-order valence-corrected chi connectivity index (χ2v) is 10.0. The number of carbonyl (C=O) groups excluding carboxylic acids is 3. The number of benzene rings is 1. The summed E-state index contributed by atoms with van der Waals surface area (Å²) in [5.74, 6) is -1.90. The normalized spacial score (nSPS) is 26.9. The van der Waals surface area contributed by atoms with E-state index in [-0.39, 0.29) is 31.4 Å². The molecule has 3 aliphatic heterocycles. The van der Waals surface area contributed by atoms with Crippen LogP contribution in [0.2, 0.25) is 0 Å². The summed E-state index contributed by atoms with van der Waals surface area (Å²) in [6.45, 7) is 0.134. The van der Waals surface area contributed by atoms with Gasteiger partial charge in [0.2, 0.25) is 5.91 Å². The first-order valence-corrected chi connectivity index (χ1v) is 12.3. The van der Waals surface area contributed by atoms with Crippen LogP contribution in [0.5, 0.6) is 5.75 Å². The van der Waals surface area contributed by atoms with E-state index in [0.29, 0.717) is 31.2 Å². The van der Waals surface area contributed by atoms with Crippen molar-refractivity contribution in [1.82, 2.24) is 9.80 Å². The van der Waals surface area contributed by atoms with Crippen molar-refractivity contribution in [2.45, 2.75) is 88.0 Å². The molecule has 1 aromatic rings. The van der Waals surface area contributed by atoms with Crippen LogP contribution in [0.1, 0.15) is 56.1 Å². The minimum Gasteiger partial charge on any atom is -0.406 e. The van der Waals surface area contributed by atoms with Gasteiger partial charge in [-0.05, 0) is 74.6 Å². The molecule has 2 bridgehead atoms. The maximum atomic E-state index is 13.7. The lowest BCUT2D eigenvalue weighted by Gasteiger charge is -2.55. The molecule has 0 spiro atoms. The van der Waals surface area contributed by atoms with Crippen LogP contribution < -0.4 is 4.74 Å². The molecule has 11 heteroatoms. The second kappa shape index (κ2) is 9.33. The number of hydrogen-bond donors (Lipinski definition) is 0. The van der Waals surface area contributed by atoms with Crippen LogP contribution in [0, 0.1) is 0 Å². The maximum Gasteiger partial charge on any atom is 0.573 e. The van der Waals surface area contributed by atoms with E-state index < -0.39 is 41.8 Å². The Morgan fingerprint density at radius 3 is 2.53 bits per heavy atom. The van der Waals surface area contributed by atoms with Gasteiger partial charge in [0.1, 0.15) is 24.2 Å². The Kier molecular flexibility index (Phi) is 6.48. The maximum absolute atomic E-state index is 13.7. The van der Waals surface area contributed by atoms with Gasteiger partial charge in [0.25, 0.3) is 11.7 Å². The van der Waals surface area contributed by atoms with E-state index >= 15 is 0 Å². The molecular weight excluding hydrogens is 481 g/mol. The van der Waals surface area contributed by atoms with Crippen molar-refractivity contribution in [3.05, 3.63) is 29.3 Å². The van der Waals surface area contributed by atoms with Crippen molar-refractivity contribution in [1.29, 1.82) is 0 Å². The summed E-state index contributed by atoms with van der Waals surface area (Å²) in [4.78, 5) is 43.9. The van der Waals surface area contributed by atoms with Gasteiger partial charge in [0.15, 0.2) is 0 Å². The number of carbonyl (C=O) groups is 3. The number of ether oxygens (including phenoxy) is 3. The monoisotopic (exact) mass is 510 g/mol. The quantitative estimate of drug-likeness (QED) is 0.432. The largest absolute Gasteiger partial charge is 0.573 e. The van der Waals surface area contributed by atoms with Crippen LogP contribution >= 0.6 is 0 Å². The fourth-order valence-electron chi connectivity index (χ4n) is 6.37. The topological polar surface area (TPSA) is 85.4 Å². The van der Waals surface area contributed by atoms with Crippen molar-refractivity contribution < 1.29 is 41.8 Å². The predicted molar refractivity (Wildman–Crippen MR) is 119 cm³/mol. The molecule has 5 rings (SSSR count). The van der Waals surface area contributed by atoms with Crippen molar-refractivity contribution in [3.63, 3.8) is 0 Å². The summed E-state index contributed by atoms with van der Waals surface area (Å²) in [6, 6.07) is 2.58. The molecule has 196 valence electrons. The van der Waals surface area contributed by atoms with Crippen molar-refractivity contribution in [2.24, 2.45) is 0 Å². The molecule has 0 N–H and O–H groups in total. The second-order valence-electron chi connectivity index (χ2n) is 10.0.